The van der Waals surface area contributed by atoms with E-state index < -0.39 is 0 Å². The van der Waals surface area contributed by atoms with Gasteiger partial charge in [0.15, 0.2) is 0 Å². The maximum absolute atomic E-state index is 5.17. The van der Waals surface area contributed by atoms with Crippen LogP contribution in [0.5, 0.6) is 0 Å². The summed E-state index contributed by atoms with van der Waals surface area (Å²) in [7, 11) is 1.79. The molecule has 0 aromatic heterocycles. The second-order valence-corrected chi connectivity index (χ2v) is 3.33. The molecule has 0 radical (unpaired) electrons. The van der Waals surface area contributed by atoms with Crippen molar-refractivity contribution in [1.82, 2.24) is 5.32 Å². The van der Waals surface area contributed by atoms with Gasteiger partial charge in [-0.15, -0.1) is 0 Å². The van der Waals surface area contributed by atoms with E-state index >= 15 is 0 Å². The Kier molecular flexibility index (Phi) is 3.87. The quantitative estimate of drug-likeness (QED) is 0.669. The molecular weight excluding hydrogens is 138 g/mol. The van der Waals surface area contributed by atoms with E-state index in [9.17, 15) is 0 Å². The van der Waals surface area contributed by atoms with E-state index in [1.165, 1.54) is 25.8 Å². The Labute approximate surface area is 69.3 Å². The third-order valence-corrected chi connectivity index (χ3v) is 2.55. The summed E-state index contributed by atoms with van der Waals surface area (Å²) in [6, 6.07) is 0.698. The largest absolute Gasteiger partial charge is 0.384 e. The van der Waals surface area contributed by atoms with E-state index in [2.05, 4.69) is 12.2 Å². The van der Waals surface area contributed by atoms with Gasteiger partial charge in [0.05, 0.1) is 6.61 Å². The molecule has 2 atom stereocenters. The van der Waals surface area contributed by atoms with Gasteiger partial charge in [-0.05, 0) is 31.7 Å². The summed E-state index contributed by atoms with van der Waals surface area (Å²) in [4.78, 5) is 0. The standard InChI is InChI=1S/C9H19NO/c1-3-9-8(7-11-2)5-4-6-10-9/h8-10H,3-7H2,1-2H3. The van der Waals surface area contributed by atoms with Crippen molar-refractivity contribution in [2.24, 2.45) is 5.92 Å². The van der Waals surface area contributed by atoms with Crippen LogP contribution < -0.4 is 5.32 Å². The van der Waals surface area contributed by atoms with Crippen LogP contribution in [0.4, 0.5) is 0 Å². The minimum atomic E-state index is 0.698. The molecule has 1 aliphatic rings. The number of nitrogens with one attached hydrogen (secondary N) is 1. The van der Waals surface area contributed by atoms with Crippen molar-refractivity contribution in [3.63, 3.8) is 0 Å². The van der Waals surface area contributed by atoms with E-state index in [0.29, 0.717) is 6.04 Å². The van der Waals surface area contributed by atoms with Gasteiger partial charge in [0, 0.05) is 13.2 Å². The first kappa shape index (κ1) is 9.01. The highest BCUT2D eigenvalue weighted by Crippen LogP contribution is 2.18. The molecule has 0 aliphatic carbocycles. The van der Waals surface area contributed by atoms with E-state index in [-0.39, 0.29) is 0 Å². The molecule has 66 valence electrons. The van der Waals surface area contributed by atoms with Gasteiger partial charge in [0.25, 0.3) is 0 Å². The van der Waals surface area contributed by atoms with E-state index in [1.54, 1.807) is 7.11 Å². The summed E-state index contributed by atoms with van der Waals surface area (Å²) < 4.78 is 5.17. The second-order valence-electron chi connectivity index (χ2n) is 3.33. The molecule has 0 spiro atoms. The van der Waals surface area contributed by atoms with Crippen LogP contribution in [0.3, 0.4) is 0 Å². The summed E-state index contributed by atoms with van der Waals surface area (Å²) >= 11 is 0. The number of hydrogen-bond acceptors (Lipinski definition) is 2. The molecule has 2 heteroatoms. The fraction of sp³-hybridized carbons (Fsp3) is 1.00. The van der Waals surface area contributed by atoms with Crippen LogP contribution in [-0.4, -0.2) is 26.3 Å². The zero-order chi connectivity index (χ0) is 8.10. The number of rotatable bonds is 3. The Morgan fingerprint density at radius 2 is 2.36 bits per heavy atom. The molecule has 1 rings (SSSR count). The van der Waals surface area contributed by atoms with Crippen molar-refractivity contribution in [2.75, 3.05) is 20.3 Å². The SMILES string of the molecule is CCC1NCCCC1COC. The summed E-state index contributed by atoms with van der Waals surface area (Å²) in [6.07, 6.45) is 3.87. The molecule has 11 heavy (non-hydrogen) atoms. The molecule has 0 aromatic rings. The molecule has 1 aliphatic heterocycles. The van der Waals surface area contributed by atoms with Crippen LogP contribution in [0.25, 0.3) is 0 Å². The van der Waals surface area contributed by atoms with Gasteiger partial charge in [-0.25, -0.2) is 0 Å². The van der Waals surface area contributed by atoms with E-state index in [0.717, 1.165) is 12.5 Å². The minimum absolute atomic E-state index is 0.698. The van der Waals surface area contributed by atoms with Crippen molar-refractivity contribution >= 4 is 0 Å². The summed E-state index contributed by atoms with van der Waals surface area (Å²) in [6.45, 7) is 4.36. The zero-order valence-electron chi connectivity index (χ0n) is 7.60. The van der Waals surface area contributed by atoms with Crippen molar-refractivity contribution in [2.45, 2.75) is 32.2 Å². The molecule has 0 saturated carbocycles. The van der Waals surface area contributed by atoms with Crippen molar-refractivity contribution in [1.29, 1.82) is 0 Å². The van der Waals surface area contributed by atoms with Gasteiger partial charge >= 0.3 is 0 Å². The lowest BCUT2D eigenvalue weighted by atomic mass is 9.90. The van der Waals surface area contributed by atoms with E-state index in [1.807, 2.05) is 0 Å². The first-order chi connectivity index (χ1) is 5.38. The summed E-state index contributed by atoms with van der Waals surface area (Å²) in [5.74, 6) is 0.749. The molecule has 1 N–H and O–H groups in total. The van der Waals surface area contributed by atoms with Crippen LogP contribution >= 0.6 is 0 Å². The summed E-state index contributed by atoms with van der Waals surface area (Å²) in [5, 5.41) is 3.52. The first-order valence-corrected chi connectivity index (χ1v) is 4.60. The number of ether oxygens (including phenoxy) is 1. The lowest BCUT2D eigenvalue weighted by Gasteiger charge is -2.31. The lowest BCUT2D eigenvalue weighted by molar-refractivity contribution is 0.110. The molecule has 1 heterocycles. The van der Waals surface area contributed by atoms with E-state index in [4.69, 9.17) is 4.74 Å². The lowest BCUT2D eigenvalue weighted by Crippen LogP contribution is -2.42. The maximum Gasteiger partial charge on any atom is 0.0505 e. The smallest absolute Gasteiger partial charge is 0.0505 e. The Balaban J connectivity index is 2.31. The molecule has 1 fully saturated rings. The van der Waals surface area contributed by atoms with Crippen LogP contribution in [0, 0.1) is 5.92 Å². The van der Waals surface area contributed by atoms with Crippen molar-refractivity contribution in [3.05, 3.63) is 0 Å². The van der Waals surface area contributed by atoms with Crippen LogP contribution in [-0.2, 0) is 4.74 Å². The topological polar surface area (TPSA) is 21.3 Å². The van der Waals surface area contributed by atoms with Gasteiger partial charge in [0.2, 0.25) is 0 Å². The normalized spacial score (nSPS) is 32.2. The molecule has 0 aromatic carbocycles. The van der Waals surface area contributed by atoms with Gasteiger partial charge in [0.1, 0.15) is 0 Å². The average Bonchev–Trinajstić information content (AvgIpc) is 2.06. The number of hydrogen-bond donors (Lipinski definition) is 1. The van der Waals surface area contributed by atoms with Crippen molar-refractivity contribution in [3.8, 4) is 0 Å². The molecule has 2 nitrogen and oxygen atoms in total. The number of piperidine rings is 1. The van der Waals surface area contributed by atoms with Gasteiger partial charge < -0.3 is 10.1 Å². The first-order valence-electron chi connectivity index (χ1n) is 4.60. The maximum atomic E-state index is 5.17. The highest BCUT2D eigenvalue weighted by Gasteiger charge is 2.22. The summed E-state index contributed by atoms with van der Waals surface area (Å²) in [5.41, 5.74) is 0. The molecule has 0 bridgehead atoms. The monoisotopic (exact) mass is 157 g/mol. The van der Waals surface area contributed by atoms with Crippen LogP contribution in [0.1, 0.15) is 26.2 Å². The Morgan fingerprint density at radius 3 is 3.00 bits per heavy atom. The Morgan fingerprint density at radius 1 is 1.55 bits per heavy atom. The van der Waals surface area contributed by atoms with Gasteiger partial charge in [-0.2, -0.15) is 0 Å². The average molecular weight is 157 g/mol. The Bertz CT molecular complexity index is 104. The zero-order valence-corrected chi connectivity index (χ0v) is 7.60. The predicted octanol–water partition coefficient (Wildman–Crippen LogP) is 1.41. The predicted molar refractivity (Wildman–Crippen MR) is 46.7 cm³/mol. The minimum Gasteiger partial charge on any atom is -0.384 e. The molecule has 0 amide bonds. The van der Waals surface area contributed by atoms with Gasteiger partial charge in [-0.3, -0.25) is 0 Å². The Hall–Kier alpha value is -0.0800. The third-order valence-electron chi connectivity index (χ3n) is 2.55. The fourth-order valence-corrected chi connectivity index (χ4v) is 1.91. The fourth-order valence-electron chi connectivity index (χ4n) is 1.91. The highest BCUT2D eigenvalue weighted by molar-refractivity contribution is 4.79. The second kappa shape index (κ2) is 4.73. The number of methoxy groups -OCH3 is 1. The van der Waals surface area contributed by atoms with Crippen LogP contribution in [0.15, 0.2) is 0 Å². The molecular formula is C9H19NO. The van der Waals surface area contributed by atoms with Crippen molar-refractivity contribution < 1.29 is 4.74 Å². The van der Waals surface area contributed by atoms with Gasteiger partial charge in [-0.1, -0.05) is 6.92 Å². The molecule has 2 unspecified atom stereocenters. The third kappa shape index (κ3) is 2.46. The highest BCUT2D eigenvalue weighted by atomic mass is 16.5. The molecule has 1 saturated heterocycles. The van der Waals surface area contributed by atoms with Crippen LogP contribution in [0.2, 0.25) is 0 Å².